The number of anilines is 1. The first-order chi connectivity index (χ1) is 15.4. The first-order valence-corrected chi connectivity index (χ1v) is 10.9. The van der Waals surface area contributed by atoms with Gasteiger partial charge < -0.3 is 25.2 Å². The molecule has 0 aliphatic carbocycles. The lowest BCUT2D eigenvalue weighted by atomic mass is 10.1. The van der Waals surface area contributed by atoms with Gasteiger partial charge in [0, 0.05) is 51.0 Å². The minimum atomic E-state index is -2.86. The van der Waals surface area contributed by atoms with E-state index in [2.05, 4.69) is 42.2 Å². The fourth-order valence-electron chi connectivity index (χ4n) is 3.48. The summed E-state index contributed by atoms with van der Waals surface area (Å²) in [5.41, 5.74) is 2.61. The molecule has 0 unspecified atom stereocenters. The quantitative estimate of drug-likeness (QED) is 0.286. The summed E-state index contributed by atoms with van der Waals surface area (Å²) in [6.45, 7) is 6.51. The SMILES string of the molecule is CCNC(=NCc1ccc(N2CCN(C)CC2)nc1)NCc1cc(C)ccc1OC(F)F.I. The number of guanidine groups is 1. The average Bonchev–Trinajstić information content (AvgIpc) is 2.78. The fourth-order valence-corrected chi connectivity index (χ4v) is 3.48. The molecule has 0 spiro atoms. The summed E-state index contributed by atoms with van der Waals surface area (Å²) in [5.74, 6) is 1.75. The Morgan fingerprint density at radius 1 is 1.15 bits per heavy atom. The van der Waals surface area contributed by atoms with Crippen LogP contribution in [0, 0.1) is 6.92 Å². The minimum absolute atomic E-state index is 0. The van der Waals surface area contributed by atoms with Gasteiger partial charge in [-0.15, -0.1) is 24.0 Å². The molecule has 182 valence electrons. The van der Waals surface area contributed by atoms with Gasteiger partial charge in [0.1, 0.15) is 11.6 Å². The van der Waals surface area contributed by atoms with Crippen molar-refractivity contribution in [1.29, 1.82) is 0 Å². The highest BCUT2D eigenvalue weighted by atomic mass is 127. The van der Waals surface area contributed by atoms with E-state index in [9.17, 15) is 8.78 Å². The van der Waals surface area contributed by atoms with E-state index in [1.807, 2.05) is 38.2 Å². The van der Waals surface area contributed by atoms with Crippen molar-refractivity contribution in [1.82, 2.24) is 20.5 Å². The number of aromatic nitrogens is 1. The van der Waals surface area contributed by atoms with Crippen LogP contribution < -0.4 is 20.3 Å². The van der Waals surface area contributed by atoms with Gasteiger partial charge in [-0.05, 0) is 38.6 Å². The molecule has 1 aromatic heterocycles. The molecule has 1 saturated heterocycles. The van der Waals surface area contributed by atoms with Crippen LogP contribution in [0.15, 0.2) is 41.5 Å². The molecule has 0 bridgehead atoms. The van der Waals surface area contributed by atoms with Crippen LogP contribution in [-0.2, 0) is 13.1 Å². The molecule has 0 saturated carbocycles. The van der Waals surface area contributed by atoms with E-state index < -0.39 is 6.61 Å². The molecule has 1 aromatic carbocycles. The predicted octanol–water partition coefficient (Wildman–Crippen LogP) is 3.62. The van der Waals surface area contributed by atoms with Gasteiger partial charge in [0.2, 0.25) is 0 Å². The summed E-state index contributed by atoms with van der Waals surface area (Å²) in [4.78, 5) is 13.8. The van der Waals surface area contributed by atoms with Crippen LogP contribution in [0.2, 0.25) is 0 Å². The molecule has 2 heterocycles. The maximum atomic E-state index is 12.7. The lowest BCUT2D eigenvalue weighted by molar-refractivity contribution is -0.0504. The van der Waals surface area contributed by atoms with E-state index in [0.717, 1.165) is 43.1 Å². The Morgan fingerprint density at radius 3 is 2.55 bits per heavy atom. The second kappa shape index (κ2) is 13.5. The highest BCUT2D eigenvalue weighted by molar-refractivity contribution is 14.0. The molecule has 0 atom stereocenters. The molecule has 0 amide bonds. The average molecular weight is 574 g/mol. The number of pyridine rings is 1. The van der Waals surface area contributed by atoms with E-state index in [-0.39, 0.29) is 29.7 Å². The number of ether oxygens (including phenoxy) is 1. The summed E-state index contributed by atoms with van der Waals surface area (Å²) in [5, 5.41) is 6.38. The lowest BCUT2D eigenvalue weighted by Crippen LogP contribution is -2.44. The van der Waals surface area contributed by atoms with Crippen molar-refractivity contribution in [2.24, 2.45) is 4.99 Å². The van der Waals surface area contributed by atoms with Crippen LogP contribution in [0.3, 0.4) is 0 Å². The molecule has 10 heteroatoms. The Labute approximate surface area is 211 Å². The van der Waals surface area contributed by atoms with Gasteiger partial charge in [0.15, 0.2) is 5.96 Å². The van der Waals surface area contributed by atoms with Gasteiger partial charge >= 0.3 is 6.61 Å². The monoisotopic (exact) mass is 574 g/mol. The molecule has 2 aromatic rings. The van der Waals surface area contributed by atoms with Crippen LogP contribution in [0.5, 0.6) is 5.75 Å². The topological polar surface area (TPSA) is 65.0 Å². The summed E-state index contributed by atoms with van der Waals surface area (Å²) >= 11 is 0. The van der Waals surface area contributed by atoms with Crippen LogP contribution in [-0.4, -0.2) is 62.2 Å². The molecule has 33 heavy (non-hydrogen) atoms. The van der Waals surface area contributed by atoms with Gasteiger partial charge in [-0.3, -0.25) is 0 Å². The number of rotatable bonds is 8. The number of hydrogen-bond donors (Lipinski definition) is 2. The van der Waals surface area contributed by atoms with Gasteiger partial charge in [0.25, 0.3) is 0 Å². The molecule has 0 radical (unpaired) electrons. The zero-order valence-corrected chi connectivity index (χ0v) is 21.7. The van der Waals surface area contributed by atoms with Crippen molar-refractivity contribution in [2.45, 2.75) is 33.5 Å². The highest BCUT2D eigenvalue weighted by Gasteiger charge is 2.15. The first-order valence-electron chi connectivity index (χ1n) is 10.9. The number of piperazine rings is 1. The van der Waals surface area contributed by atoms with Crippen molar-refractivity contribution in [3.05, 3.63) is 53.2 Å². The van der Waals surface area contributed by atoms with Crippen molar-refractivity contribution < 1.29 is 13.5 Å². The number of aliphatic imine (C=N–C) groups is 1. The minimum Gasteiger partial charge on any atom is -0.434 e. The normalized spacial score (nSPS) is 14.7. The lowest BCUT2D eigenvalue weighted by Gasteiger charge is -2.33. The second-order valence-electron chi connectivity index (χ2n) is 7.85. The van der Waals surface area contributed by atoms with Crippen LogP contribution >= 0.6 is 24.0 Å². The Morgan fingerprint density at radius 2 is 1.91 bits per heavy atom. The van der Waals surface area contributed by atoms with E-state index in [4.69, 9.17) is 0 Å². The number of likely N-dealkylation sites (N-methyl/N-ethyl adjacent to an activating group) is 1. The number of nitrogens with zero attached hydrogens (tertiary/aromatic N) is 4. The third-order valence-corrected chi connectivity index (χ3v) is 5.28. The van der Waals surface area contributed by atoms with E-state index in [1.54, 1.807) is 12.1 Å². The Bertz CT molecular complexity index is 889. The van der Waals surface area contributed by atoms with Crippen molar-refractivity contribution in [3.8, 4) is 5.75 Å². The Hall–Kier alpha value is -2.21. The molecule has 3 rings (SSSR count). The number of halogens is 3. The molecular weight excluding hydrogens is 541 g/mol. The first kappa shape index (κ1) is 27.0. The van der Waals surface area contributed by atoms with Gasteiger partial charge in [-0.25, -0.2) is 9.98 Å². The molecule has 7 nitrogen and oxygen atoms in total. The summed E-state index contributed by atoms with van der Waals surface area (Å²) in [6.07, 6.45) is 1.86. The second-order valence-corrected chi connectivity index (χ2v) is 7.85. The van der Waals surface area contributed by atoms with Gasteiger partial charge in [-0.2, -0.15) is 8.78 Å². The fraction of sp³-hybridized carbons (Fsp3) is 0.478. The number of hydrogen-bond acceptors (Lipinski definition) is 5. The maximum absolute atomic E-state index is 12.7. The molecule has 1 fully saturated rings. The van der Waals surface area contributed by atoms with Crippen LogP contribution in [0.1, 0.15) is 23.6 Å². The molecule has 2 N–H and O–H groups in total. The Kier molecular flexibility index (Phi) is 11.0. The van der Waals surface area contributed by atoms with Gasteiger partial charge in [0.05, 0.1) is 6.54 Å². The molecule has 1 aliphatic heterocycles. The molecular formula is C23H33F2IN6O. The third-order valence-electron chi connectivity index (χ3n) is 5.28. The largest absolute Gasteiger partial charge is 0.434 e. The van der Waals surface area contributed by atoms with E-state index in [0.29, 0.717) is 31.2 Å². The zero-order valence-electron chi connectivity index (χ0n) is 19.4. The number of alkyl halides is 2. The van der Waals surface area contributed by atoms with Gasteiger partial charge in [-0.1, -0.05) is 23.8 Å². The van der Waals surface area contributed by atoms with Crippen LogP contribution in [0.4, 0.5) is 14.6 Å². The predicted molar refractivity (Wildman–Crippen MR) is 139 cm³/mol. The van der Waals surface area contributed by atoms with E-state index >= 15 is 0 Å². The third kappa shape index (κ3) is 8.58. The van der Waals surface area contributed by atoms with Crippen molar-refractivity contribution >= 4 is 35.8 Å². The van der Waals surface area contributed by atoms with Crippen molar-refractivity contribution in [3.63, 3.8) is 0 Å². The number of nitrogens with one attached hydrogen (secondary N) is 2. The molecule has 1 aliphatic rings. The summed E-state index contributed by atoms with van der Waals surface area (Å²) in [6, 6.07) is 9.23. The smallest absolute Gasteiger partial charge is 0.387 e. The summed E-state index contributed by atoms with van der Waals surface area (Å²) < 4.78 is 30.0. The number of aryl methyl sites for hydroxylation is 1. The summed E-state index contributed by atoms with van der Waals surface area (Å²) in [7, 11) is 2.13. The van der Waals surface area contributed by atoms with Crippen LogP contribution in [0.25, 0.3) is 0 Å². The zero-order chi connectivity index (χ0) is 22.9. The number of benzene rings is 1. The van der Waals surface area contributed by atoms with E-state index in [1.165, 1.54) is 0 Å². The Balaban J connectivity index is 0.00000385. The highest BCUT2D eigenvalue weighted by Crippen LogP contribution is 2.22. The van der Waals surface area contributed by atoms with Crippen molar-refractivity contribution in [2.75, 3.05) is 44.7 Å². The maximum Gasteiger partial charge on any atom is 0.387 e. The standard InChI is InChI=1S/C23H32F2N6O.HI/c1-4-26-23(29-16-19-13-17(2)5-7-20(19)32-22(24)25)28-15-18-6-8-21(27-14-18)31-11-9-30(3)10-12-31;/h5-8,13-14,22H,4,9-12,15-16H2,1-3H3,(H2,26,28,29);1H.